The van der Waals surface area contributed by atoms with E-state index in [1.54, 1.807) is 30.6 Å². The van der Waals surface area contributed by atoms with Crippen molar-refractivity contribution in [2.45, 2.75) is 18.2 Å². The zero-order chi connectivity index (χ0) is 18.6. The quantitative estimate of drug-likeness (QED) is 0.671. The summed E-state index contributed by atoms with van der Waals surface area (Å²) in [5.74, 6) is 0.624. The molecule has 1 N–H and O–H groups in total. The highest BCUT2D eigenvalue weighted by Crippen LogP contribution is 2.22. The molecule has 1 heterocycles. The molecule has 0 saturated heterocycles. The third kappa shape index (κ3) is 4.49. The van der Waals surface area contributed by atoms with E-state index in [0.717, 1.165) is 21.8 Å². The molecule has 0 atom stereocenters. The fourth-order valence-corrected chi connectivity index (χ4v) is 4.16. The van der Waals surface area contributed by atoms with Gasteiger partial charge in [-0.2, -0.15) is 0 Å². The molecule has 0 aliphatic rings. The van der Waals surface area contributed by atoms with E-state index < -0.39 is 10.0 Å². The number of nitrogens with zero attached hydrogens (tertiary/aromatic N) is 1. The second-order valence-electron chi connectivity index (χ2n) is 5.77. The Morgan fingerprint density at radius 1 is 1.08 bits per heavy atom. The van der Waals surface area contributed by atoms with Crippen molar-refractivity contribution in [1.82, 2.24) is 9.71 Å². The standard InChI is InChI=1S/C19H20N2O3S2/c1-14-21-19(13-25-14)16-5-3-15(4-6-16)11-12-20-26(22,23)18-9-7-17(24-2)8-10-18/h3-10,13,20H,11-12H2,1-2H3. The fraction of sp³-hybridized carbons (Fsp3) is 0.211. The molecule has 5 nitrogen and oxygen atoms in total. The summed E-state index contributed by atoms with van der Waals surface area (Å²) in [6, 6.07) is 14.4. The molecular formula is C19H20N2O3S2. The molecule has 2 aromatic carbocycles. The number of ether oxygens (including phenoxy) is 1. The van der Waals surface area contributed by atoms with Gasteiger partial charge in [0.25, 0.3) is 0 Å². The molecule has 26 heavy (non-hydrogen) atoms. The number of sulfonamides is 1. The van der Waals surface area contributed by atoms with E-state index in [-0.39, 0.29) is 4.90 Å². The van der Waals surface area contributed by atoms with Gasteiger partial charge in [-0.15, -0.1) is 11.3 Å². The zero-order valence-corrected chi connectivity index (χ0v) is 16.2. The molecule has 3 aromatic rings. The van der Waals surface area contributed by atoms with Gasteiger partial charge >= 0.3 is 0 Å². The van der Waals surface area contributed by atoms with E-state index in [1.165, 1.54) is 12.1 Å². The van der Waals surface area contributed by atoms with Crippen LogP contribution in [0.3, 0.4) is 0 Å². The molecule has 0 bridgehead atoms. The average molecular weight is 389 g/mol. The predicted molar refractivity (Wildman–Crippen MR) is 104 cm³/mol. The van der Waals surface area contributed by atoms with Crippen molar-refractivity contribution in [3.8, 4) is 17.0 Å². The zero-order valence-electron chi connectivity index (χ0n) is 14.6. The summed E-state index contributed by atoms with van der Waals surface area (Å²) in [5, 5.41) is 3.07. The number of aromatic nitrogens is 1. The molecule has 0 radical (unpaired) electrons. The first-order chi connectivity index (χ1) is 12.5. The van der Waals surface area contributed by atoms with Crippen molar-refractivity contribution >= 4 is 21.4 Å². The minimum atomic E-state index is -3.52. The number of aryl methyl sites for hydroxylation is 1. The monoisotopic (exact) mass is 388 g/mol. The van der Waals surface area contributed by atoms with Crippen molar-refractivity contribution in [2.24, 2.45) is 0 Å². The van der Waals surface area contributed by atoms with E-state index in [9.17, 15) is 8.42 Å². The van der Waals surface area contributed by atoms with Crippen molar-refractivity contribution in [1.29, 1.82) is 0 Å². The van der Waals surface area contributed by atoms with Crippen LogP contribution in [0, 0.1) is 6.92 Å². The van der Waals surface area contributed by atoms with Crippen molar-refractivity contribution in [3.05, 3.63) is 64.5 Å². The summed E-state index contributed by atoms with van der Waals surface area (Å²) in [7, 11) is -1.97. The maximum atomic E-state index is 12.3. The molecule has 0 aliphatic carbocycles. The lowest BCUT2D eigenvalue weighted by atomic mass is 10.1. The highest BCUT2D eigenvalue weighted by Gasteiger charge is 2.13. The molecule has 136 valence electrons. The van der Waals surface area contributed by atoms with Gasteiger partial charge in [0.1, 0.15) is 5.75 Å². The molecule has 0 saturated carbocycles. The van der Waals surface area contributed by atoms with Crippen LogP contribution in [0.25, 0.3) is 11.3 Å². The van der Waals surface area contributed by atoms with Crippen LogP contribution in [0.2, 0.25) is 0 Å². The van der Waals surface area contributed by atoms with Gasteiger partial charge in [-0.3, -0.25) is 0 Å². The summed E-state index contributed by atoms with van der Waals surface area (Å²) in [4.78, 5) is 4.70. The van der Waals surface area contributed by atoms with Gasteiger partial charge in [-0.05, 0) is 43.2 Å². The average Bonchev–Trinajstić information content (AvgIpc) is 3.08. The highest BCUT2D eigenvalue weighted by atomic mass is 32.2. The maximum Gasteiger partial charge on any atom is 0.240 e. The molecule has 0 spiro atoms. The van der Waals surface area contributed by atoms with Crippen LogP contribution in [0.15, 0.2) is 58.8 Å². The largest absolute Gasteiger partial charge is 0.497 e. The Labute approximate surface area is 157 Å². The lowest BCUT2D eigenvalue weighted by molar-refractivity contribution is 0.414. The highest BCUT2D eigenvalue weighted by molar-refractivity contribution is 7.89. The van der Waals surface area contributed by atoms with Crippen LogP contribution < -0.4 is 9.46 Å². The number of hydrogen-bond donors (Lipinski definition) is 1. The Balaban J connectivity index is 1.58. The molecular weight excluding hydrogens is 368 g/mol. The van der Waals surface area contributed by atoms with E-state index in [2.05, 4.69) is 9.71 Å². The summed E-state index contributed by atoms with van der Waals surface area (Å²) < 4.78 is 32.3. The van der Waals surface area contributed by atoms with Crippen LogP contribution in [-0.4, -0.2) is 27.1 Å². The number of methoxy groups -OCH3 is 1. The minimum absolute atomic E-state index is 0.229. The van der Waals surface area contributed by atoms with Crippen LogP contribution >= 0.6 is 11.3 Å². The first-order valence-corrected chi connectivity index (χ1v) is 10.5. The second-order valence-corrected chi connectivity index (χ2v) is 8.60. The Kier molecular flexibility index (Phi) is 5.70. The van der Waals surface area contributed by atoms with E-state index in [1.807, 2.05) is 36.6 Å². The molecule has 0 fully saturated rings. The number of nitrogens with one attached hydrogen (secondary N) is 1. The SMILES string of the molecule is COc1ccc(S(=O)(=O)NCCc2ccc(-c3csc(C)n3)cc2)cc1. The lowest BCUT2D eigenvalue weighted by Gasteiger charge is -2.08. The molecule has 0 unspecified atom stereocenters. The molecule has 1 aromatic heterocycles. The van der Waals surface area contributed by atoms with Crippen LogP contribution in [0.5, 0.6) is 5.75 Å². The van der Waals surface area contributed by atoms with E-state index >= 15 is 0 Å². The molecule has 0 amide bonds. The van der Waals surface area contributed by atoms with Crippen LogP contribution in [-0.2, 0) is 16.4 Å². The number of hydrogen-bond acceptors (Lipinski definition) is 5. The van der Waals surface area contributed by atoms with Crippen molar-refractivity contribution < 1.29 is 13.2 Å². The van der Waals surface area contributed by atoms with E-state index in [4.69, 9.17) is 4.74 Å². The minimum Gasteiger partial charge on any atom is -0.497 e. The van der Waals surface area contributed by atoms with Gasteiger partial charge in [0, 0.05) is 17.5 Å². The van der Waals surface area contributed by atoms with Gasteiger partial charge in [0.15, 0.2) is 0 Å². The smallest absolute Gasteiger partial charge is 0.240 e. The Bertz CT molecular complexity index is 963. The third-order valence-electron chi connectivity index (χ3n) is 3.94. The Morgan fingerprint density at radius 2 is 1.77 bits per heavy atom. The molecule has 0 aliphatic heterocycles. The first kappa shape index (κ1) is 18.6. The van der Waals surface area contributed by atoms with E-state index in [0.29, 0.717) is 18.7 Å². The summed E-state index contributed by atoms with van der Waals surface area (Å²) in [6.45, 7) is 2.32. The number of thiazole rings is 1. The number of rotatable bonds is 7. The Morgan fingerprint density at radius 3 is 2.35 bits per heavy atom. The fourth-order valence-electron chi connectivity index (χ4n) is 2.51. The molecule has 3 rings (SSSR count). The topological polar surface area (TPSA) is 68.3 Å². The maximum absolute atomic E-state index is 12.3. The third-order valence-corrected chi connectivity index (χ3v) is 6.19. The van der Waals surface area contributed by atoms with Gasteiger partial charge in [0.05, 0.1) is 22.7 Å². The summed E-state index contributed by atoms with van der Waals surface area (Å²) in [5.41, 5.74) is 3.11. The van der Waals surface area contributed by atoms with Gasteiger partial charge in [-0.25, -0.2) is 18.1 Å². The predicted octanol–water partition coefficient (Wildman–Crippen LogP) is 3.65. The van der Waals surface area contributed by atoms with Crippen LogP contribution in [0.1, 0.15) is 10.6 Å². The normalized spacial score (nSPS) is 11.5. The van der Waals surface area contributed by atoms with Crippen molar-refractivity contribution in [3.63, 3.8) is 0 Å². The first-order valence-electron chi connectivity index (χ1n) is 8.13. The summed E-state index contributed by atoms with van der Waals surface area (Å²) >= 11 is 1.62. The van der Waals surface area contributed by atoms with Crippen LogP contribution in [0.4, 0.5) is 0 Å². The van der Waals surface area contributed by atoms with Gasteiger partial charge in [-0.1, -0.05) is 24.3 Å². The molecule has 7 heteroatoms. The van der Waals surface area contributed by atoms with Gasteiger partial charge in [0.2, 0.25) is 10.0 Å². The lowest BCUT2D eigenvalue weighted by Crippen LogP contribution is -2.25. The van der Waals surface area contributed by atoms with Crippen molar-refractivity contribution in [2.75, 3.05) is 13.7 Å². The van der Waals surface area contributed by atoms with Gasteiger partial charge < -0.3 is 4.74 Å². The Hall–Kier alpha value is -2.22. The summed E-state index contributed by atoms with van der Waals surface area (Å²) in [6.07, 6.45) is 0.617. The second kappa shape index (κ2) is 7.99. The number of benzene rings is 2.